The van der Waals surface area contributed by atoms with E-state index in [1.165, 1.54) is 38.5 Å². The van der Waals surface area contributed by atoms with Crippen molar-refractivity contribution in [2.75, 3.05) is 25.1 Å². The predicted octanol–water partition coefficient (Wildman–Crippen LogP) is 6.38. The van der Waals surface area contributed by atoms with E-state index in [9.17, 15) is 0 Å². The average molecular weight is 427 g/mol. The van der Waals surface area contributed by atoms with Gasteiger partial charge in [-0.1, -0.05) is 69.4 Å². The molecule has 31 heavy (non-hydrogen) atoms. The third-order valence-electron chi connectivity index (χ3n) is 5.55. The van der Waals surface area contributed by atoms with Crippen molar-refractivity contribution < 1.29 is 14.2 Å². The largest absolute Gasteiger partial charge is 0.489 e. The summed E-state index contributed by atoms with van der Waals surface area (Å²) in [6.45, 7) is 5.04. The van der Waals surface area contributed by atoms with Crippen LogP contribution in [0.4, 0.5) is 5.82 Å². The fourth-order valence-corrected chi connectivity index (χ4v) is 3.71. The molecule has 1 aromatic heterocycles. The molecule has 2 aromatic rings. The Morgan fingerprint density at radius 3 is 2.65 bits per heavy atom. The first-order valence-electron chi connectivity index (χ1n) is 12.0. The number of ether oxygens (including phenoxy) is 3. The van der Waals surface area contributed by atoms with Crippen LogP contribution in [-0.2, 0) is 11.3 Å². The number of anilines is 1. The van der Waals surface area contributed by atoms with Gasteiger partial charge in [-0.05, 0) is 31.2 Å². The van der Waals surface area contributed by atoms with E-state index in [4.69, 9.17) is 14.2 Å². The van der Waals surface area contributed by atoms with Gasteiger partial charge in [-0.3, -0.25) is 0 Å². The van der Waals surface area contributed by atoms with E-state index < -0.39 is 0 Å². The molecule has 3 rings (SSSR count). The van der Waals surface area contributed by atoms with Crippen molar-refractivity contribution in [3.8, 4) is 11.6 Å². The Kier molecular flexibility index (Phi) is 10.5. The topological polar surface area (TPSA) is 52.6 Å². The number of nitrogens with one attached hydrogen (secondary N) is 1. The lowest BCUT2D eigenvalue weighted by atomic mass is 10.1. The Bertz CT molecular complexity index is 733. The molecule has 0 aliphatic carbocycles. The van der Waals surface area contributed by atoms with E-state index in [-0.39, 0.29) is 6.10 Å². The smallest absolute Gasteiger partial charge is 0.219 e. The van der Waals surface area contributed by atoms with Gasteiger partial charge in [0, 0.05) is 25.3 Å². The molecule has 0 saturated carbocycles. The molecule has 1 fully saturated rings. The molecular formula is C26H38N2O3. The molecule has 0 spiro atoms. The molecular weight excluding hydrogens is 388 g/mol. The normalized spacial score (nSPS) is 16.1. The van der Waals surface area contributed by atoms with Gasteiger partial charge in [-0.15, -0.1) is 0 Å². The highest BCUT2D eigenvalue weighted by Crippen LogP contribution is 2.24. The van der Waals surface area contributed by atoms with Crippen LogP contribution in [0.15, 0.2) is 42.5 Å². The Balaban J connectivity index is 1.54. The van der Waals surface area contributed by atoms with Crippen LogP contribution < -0.4 is 14.8 Å². The summed E-state index contributed by atoms with van der Waals surface area (Å²) in [6.07, 6.45) is 11.2. The Labute approximate surface area is 187 Å². The second-order valence-electron chi connectivity index (χ2n) is 8.29. The van der Waals surface area contributed by atoms with Crippen molar-refractivity contribution in [3.05, 3.63) is 48.0 Å². The van der Waals surface area contributed by atoms with Crippen molar-refractivity contribution >= 4 is 5.82 Å². The van der Waals surface area contributed by atoms with Crippen molar-refractivity contribution in [3.63, 3.8) is 0 Å². The highest BCUT2D eigenvalue weighted by Gasteiger charge is 2.15. The third-order valence-corrected chi connectivity index (χ3v) is 5.55. The van der Waals surface area contributed by atoms with Crippen LogP contribution >= 0.6 is 0 Å². The number of rotatable bonds is 14. The Morgan fingerprint density at radius 1 is 1.00 bits per heavy atom. The summed E-state index contributed by atoms with van der Waals surface area (Å²) >= 11 is 0. The molecule has 1 atom stereocenters. The predicted molar refractivity (Wildman–Crippen MR) is 126 cm³/mol. The number of benzene rings is 1. The van der Waals surface area contributed by atoms with Crippen LogP contribution in [0.25, 0.3) is 0 Å². The molecule has 1 saturated heterocycles. The second kappa shape index (κ2) is 13.9. The molecule has 5 nitrogen and oxygen atoms in total. The van der Waals surface area contributed by atoms with Crippen LogP contribution in [0.2, 0.25) is 0 Å². The Hall–Kier alpha value is -2.27. The van der Waals surface area contributed by atoms with Crippen molar-refractivity contribution in [2.24, 2.45) is 0 Å². The zero-order chi connectivity index (χ0) is 21.6. The van der Waals surface area contributed by atoms with E-state index >= 15 is 0 Å². The third kappa shape index (κ3) is 9.18. The van der Waals surface area contributed by atoms with Gasteiger partial charge in [0.2, 0.25) is 5.88 Å². The summed E-state index contributed by atoms with van der Waals surface area (Å²) in [7, 11) is 0. The summed E-state index contributed by atoms with van der Waals surface area (Å²) in [5, 5.41) is 3.45. The lowest BCUT2D eigenvalue weighted by molar-refractivity contribution is -0.0119. The maximum Gasteiger partial charge on any atom is 0.219 e. The minimum Gasteiger partial charge on any atom is -0.489 e. The molecule has 1 unspecified atom stereocenters. The summed E-state index contributed by atoms with van der Waals surface area (Å²) in [6, 6.07) is 14.0. The van der Waals surface area contributed by atoms with Crippen LogP contribution in [0.5, 0.6) is 11.6 Å². The monoisotopic (exact) mass is 426 g/mol. The minimum absolute atomic E-state index is 0.156. The van der Waals surface area contributed by atoms with Gasteiger partial charge in [0.25, 0.3) is 0 Å². The van der Waals surface area contributed by atoms with Crippen LogP contribution in [0, 0.1) is 0 Å². The molecule has 1 N–H and O–H groups in total. The van der Waals surface area contributed by atoms with E-state index in [0.717, 1.165) is 49.5 Å². The van der Waals surface area contributed by atoms with Crippen LogP contribution in [-0.4, -0.2) is 30.8 Å². The lowest BCUT2D eigenvalue weighted by Crippen LogP contribution is -2.26. The van der Waals surface area contributed by atoms with Gasteiger partial charge in [-0.25, -0.2) is 0 Å². The van der Waals surface area contributed by atoms with Gasteiger partial charge in [0.05, 0.1) is 6.10 Å². The number of unbranched alkanes of at least 4 members (excludes halogenated alkanes) is 5. The maximum absolute atomic E-state index is 6.05. The molecule has 0 bridgehead atoms. The highest BCUT2D eigenvalue weighted by atomic mass is 16.5. The van der Waals surface area contributed by atoms with E-state index in [2.05, 4.69) is 29.4 Å². The first kappa shape index (κ1) is 23.4. The number of nitrogens with zero attached hydrogens (tertiary/aromatic N) is 1. The Morgan fingerprint density at radius 2 is 1.84 bits per heavy atom. The number of hydrogen-bond donors (Lipinski definition) is 1. The quantitative estimate of drug-likeness (QED) is 0.355. The van der Waals surface area contributed by atoms with Gasteiger partial charge < -0.3 is 19.5 Å². The molecule has 0 radical (unpaired) electrons. The van der Waals surface area contributed by atoms with E-state index in [0.29, 0.717) is 19.1 Å². The molecule has 2 heterocycles. The van der Waals surface area contributed by atoms with Crippen molar-refractivity contribution in [2.45, 2.75) is 77.4 Å². The summed E-state index contributed by atoms with van der Waals surface area (Å²) in [5.74, 6) is 2.16. The minimum atomic E-state index is 0.156. The van der Waals surface area contributed by atoms with E-state index in [1.807, 2.05) is 30.3 Å². The van der Waals surface area contributed by atoms with Gasteiger partial charge in [0.15, 0.2) is 0 Å². The number of hydrogen-bond acceptors (Lipinski definition) is 5. The summed E-state index contributed by atoms with van der Waals surface area (Å²) in [4.78, 5) is 4.65. The zero-order valence-corrected chi connectivity index (χ0v) is 19.0. The molecule has 1 aromatic carbocycles. The molecule has 0 amide bonds. The zero-order valence-electron chi connectivity index (χ0n) is 19.0. The standard InChI is InChI=1S/C26H38N2O3/c1-2-3-4-5-6-11-16-27-25-18-24(30-20-22-13-8-7-9-14-22)19-26(28-25)31-21-23-15-10-12-17-29-23/h7-9,13-14,18-19,23H,2-6,10-12,15-17,20-21H2,1H3,(H,27,28). The van der Waals surface area contributed by atoms with Gasteiger partial charge in [-0.2, -0.15) is 4.98 Å². The van der Waals surface area contributed by atoms with Crippen LogP contribution in [0.3, 0.4) is 0 Å². The van der Waals surface area contributed by atoms with Crippen molar-refractivity contribution in [1.82, 2.24) is 4.98 Å². The summed E-state index contributed by atoms with van der Waals surface area (Å²) in [5.41, 5.74) is 1.14. The number of aromatic nitrogens is 1. The van der Waals surface area contributed by atoms with Gasteiger partial charge >= 0.3 is 0 Å². The summed E-state index contributed by atoms with van der Waals surface area (Å²) < 4.78 is 17.8. The fourth-order valence-electron chi connectivity index (χ4n) is 3.71. The van der Waals surface area contributed by atoms with Crippen molar-refractivity contribution in [1.29, 1.82) is 0 Å². The van der Waals surface area contributed by atoms with Gasteiger partial charge in [0.1, 0.15) is 24.8 Å². The van der Waals surface area contributed by atoms with Crippen LogP contribution in [0.1, 0.15) is 70.3 Å². The molecule has 1 aliphatic rings. The first-order chi connectivity index (χ1) is 15.3. The second-order valence-corrected chi connectivity index (χ2v) is 8.29. The highest BCUT2D eigenvalue weighted by molar-refractivity contribution is 5.44. The number of pyridine rings is 1. The van der Waals surface area contributed by atoms with E-state index in [1.54, 1.807) is 0 Å². The first-order valence-corrected chi connectivity index (χ1v) is 12.0. The molecule has 5 heteroatoms. The fraction of sp³-hybridized carbons (Fsp3) is 0.577. The lowest BCUT2D eigenvalue weighted by Gasteiger charge is -2.22. The SMILES string of the molecule is CCCCCCCCNc1cc(OCc2ccccc2)cc(OCC2CCCCO2)n1. The molecule has 170 valence electrons. The molecule has 1 aliphatic heterocycles. The average Bonchev–Trinajstić information content (AvgIpc) is 2.82. The maximum atomic E-state index is 6.05.